The van der Waals surface area contributed by atoms with Gasteiger partial charge in [0, 0.05) is 49.8 Å². The van der Waals surface area contributed by atoms with Gasteiger partial charge in [-0.2, -0.15) is 0 Å². The minimum absolute atomic E-state index is 0.241. The number of aliphatic hydroxyl groups is 1. The van der Waals surface area contributed by atoms with Gasteiger partial charge in [-0.3, -0.25) is 9.89 Å². The van der Waals surface area contributed by atoms with E-state index in [4.69, 9.17) is 4.74 Å². The predicted octanol–water partition coefficient (Wildman–Crippen LogP) is 1.49. The number of ether oxygens (including phenoxy) is 1. The Hall–Kier alpha value is -2.16. The first-order chi connectivity index (χ1) is 14.0. The van der Waals surface area contributed by atoms with Crippen LogP contribution in [0, 0.1) is 5.82 Å². The average molecular weight is 406 g/mol. The molecule has 1 aliphatic rings. The molecule has 4 N–H and O–H groups in total. The second-order valence-corrected chi connectivity index (χ2v) is 7.76. The Morgan fingerprint density at radius 3 is 2.90 bits per heavy atom. The van der Waals surface area contributed by atoms with Gasteiger partial charge in [-0.25, -0.2) is 4.39 Å². The van der Waals surface area contributed by atoms with E-state index >= 15 is 0 Å². The van der Waals surface area contributed by atoms with Crippen LogP contribution in [-0.4, -0.2) is 79.0 Å². The first kappa shape index (κ1) is 21.5. The second-order valence-electron chi connectivity index (χ2n) is 7.76. The zero-order valence-corrected chi connectivity index (χ0v) is 17.3. The van der Waals surface area contributed by atoms with Crippen molar-refractivity contribution in [2.75, 3.05) is 52.5 Å². The van der Waals surface area contributed by atoms with Gasteiger partial charge in [-0.15, -0.1) is 0 Å². The van der Waals surface area contributed by atoms with Crippen molar-refractivity contribution >= 4 is 16.9 Å². The van der Waals surface area contributed by atoms with Crippen LogP contribution in [0.5, 0.6) is 0 Å². The number of rotatable bonds is 8. The molecule has 160 valence electrons. The van der Waals surface area contributed by atoms with Crippen LogP contribution >= 0.6 is 0 Å². The SMILES string of the molecule is CCNC(=NCC(C)(O)CN1CCOCC1)NCCc1c[nH]c2cc(F)ccc12. The maximum Gasteiger partial charge on any atom is 0.191 e. The maximum absolute atomic E-state index is 13.3. The summed E-state index contributed by atoms with van der Waals surface area (Å²) in [7, 11) is 0. The molecule has 1 aromatic carbocycles. The largest absolute Gasteiger partial charge is 0.387 e. The third-order valence-electron chi connectivity index (χ3n) is 5.01. The lowest BCUT2D eigenvalue weighted by atomic mass is 10.1. The number of fused-ring (bicyclic) bond motifs is 1. The van der Waals surface area contributed by atoms with Crippen LogP contribution in [0.2, 0.25) is 0 Å². The van der Waals surface area contributed by atoms with Crippen LogP contribution in [0.4, 0.5) is 4.39 Å². The number of aromatic amines is 1. The molecule has 0 radical (unpaired) electrons. The number of hydrogen-bond donors (Lipinski definition) is 4. The van der Waals surface area contributed by atoms with Gasteiger partial charge in [-0.05, 0) is 44.0 Å². The first-order valence-corrected chi connectivity index (χ1v) is 10.3. The van der Waals surface area contributed by atoms with E-state index < -0.39 is 5.60 Å². The molecule has 1 fully saturated rings. The molecule has 7 nitrogen and oxygen atoms in total. The summed E-state index contributed by atoms with van der Waals surface area (Å²) in [4.78, 5) is 9.90. The lowest BCUT2D eigenvalue weighted by molar-refractivity contribution is -0.0179. The first-order valence-electron chi connectivity index (χ1n) is 10.3. The number of aliphatic imine (C=N–C) groups is 1. The standard InChI is InChI=1S/C21H32FN5O2/c1-3-23-20(26-14-21(2,28)15-27-8-10-29-11-9-27)24-7-6-16-13-25-19-12-17(22)4-5-18(16)19/h4-5,12-13,25,28H,3,6-11,14-15H2,1-2H3,(H2,23,24,26). The molecule has 0 saturated carbocycles. The van der Waals surface area contributed by atoms with E-state index in [0.29, 0.717) is 38.8 Å². The van der Waals surface area contributed by atoms with Crippen molar-refractivity contribution in [3.05, 3.63) is 35.8 Å². The number of morpholine rings is 1. The third-order valence-corrected chi connectivity index (χ3v) is 5.01. The summed E-state index contributed by atoms with van der Waals surface area (Å²) in [5, 5.41) is 18.3. The van der Waals surface area contributed by atoms with Gasteiger partial charge >= 0.3 is 0 Å². The highest BCUT2D eigenvalue weighted by molar-refractivity contribution is 5.83. The van der Waals surface area contributed by atoms with Crippen molar-refractivity contribution in [1.29, 1.82) is 0 Å². The van der Waals surface area contributed by atoms with E-state index in [0.717, 1.165) is 42.5 Å². The number of β-amino-alcohol motifs (C(OH)–C–C–N with tert-alkyl or cyclic N) is 1. The van der Waals surface area contributed by atoms with Crippen molar-refractivity contribution in [1.82, 2.24) is 20.5 Å². The lowest BCUT2D eigenvalue weighted by Crippen LogP contribution is -2.48. The Labute approximate surface area is 171 Å². The Balaban J connectivity index is 1.53. The van der Waals surface area contributed by atoms with Crippen molar-refractivity contribution in [3.8, 4) is 0 Å². The maximum atomic E-state index is 13.3. The molecule has 0 spiro atoms. The highest BCUT2D eigenvalue weighted by atomic mass is 19.1. The summed E-state index contributed by atoms with van der Waals surface area (Å²) in [5.74, 6) is 0.440. The van der Waals surface area contributed by atoms with Crippen LogP contribution in [0.1, 0.15) is 19.4 Å². The lowest BCUT2D eigenvalue weighted by Gasteiger charge is -2.33. The summed E-state index contributed by atoms with van der Waals surface area (Å²) in [6, 6.07) is 4.79. The highest BCUT2D eigenvalue weighted by Gasteiger charge is 2.25. The van der Waals surface area contributed by atoms with Crippen molar-refractivity contribution < 1.29 is 14.2 Å². The molecular formula is C21H32FN5O2. The van der Waals surface area contributed by atoms with E-state index in [1.54, 1.807) is 6.07 Å². The number of guanidine groups is 1. The minimum Gasteiger partial charge on any atom is -0.387 e. The number of aromatic nitrogens is 1. The summed E-state index contributed by atoms with van der Waals surface area (Å²) in [5.41, 5.74) is 1.03. The quantitative estimate of drug-likeness (QED) is 0.395. The summed E-state index contributed by atoms with van der Waals surface area (Å²) in [6.45, 7) is 9.24. The summed E-state index contributed by atoms with van der Waals surface area (Å²) < 4.78 is 18.7. The summed E-state index contributed by atoms with van der Waals surface area (Å²) >= 11 is 0. The molecule has 0 bridgehead atoms. The van der Waals surface area contributed by atoms with Crippen LogP contribution in [-0.2, 0) is 11.2 Å². The minimum atomic E-state index is -0.902. The molecule has 1 saturated heterocycles. The van der Waals surface area contributed by atoms with Gasteiger partial charge in [0.05, 0.1) is 25.4 Å². The molecule has 1 aliphatic heterocycles. The molecule has 2 aromatic rings. The Morgan fingerprint density at radius 1 is 1.34 bits per heavy atom. The van der Waals surface area contributed by atoms with Crippen molar-refractivity contribution in [2.45, 2.75) is 25.9 Å². The van der Waals surface area contributed by atoms with Crippen molar-refractivity contribution in [3.63, 3.8) is 0 Å². The smallest absolute Gasteiger partial charge is 0.191 e. The molecule has 1 unspecified atom stereocenters. The highest BCUT2D eigenvalue weighted by Crippen LogP contribution is 2.19. The van der Waals surface area contributed by atoms with Crippen LogP contribution in [0.15, 0.2) is 29.4 Å². The molecule has 0 aliphatic carbocycles. The van der Waals surface area contributed by atoms with Crippen LogP contribution in [0.25, 0.3) is 10.9 Å². The molecule has 29 heavy (non-hydrogen) atoms. The second kappa shape index (κ2) is 10.0. The molecule has 3 rings (SSSR count). The Bertz CT molecular complexity index is 815. The fourth-order valence-electron chi connectivity index (χ4n) is 3.56. The average Bonchev–Trinajstić information content (AvgIpc) is 3.08. The van der Waals surface area contributed by atoms with Gasteiger partial charge in [0.15, 0.2) is 5.96 Å². The summed E-state index contributed by atoms with van der Waals surface area (Å²) in [6.07, 6.45) is 2.70. The number of nitrogens with zero attached hydrogens (tertiary/aromatic N) is 2. The van der Waals surface area contributed by atoms with Crippen LogP contribution in [0.3, 0.4) is 0 Å². The molecule has 1 atom stereocenters. The topological polar surface area (TPSA) is 84.9 Å². The fraction of sp³-hybridized carbons (Fsp3) is 0.571. The molecule has 8 heteroatoms. The molecule has 1 aromatic heterocycles. The van der Waals surface area contributed by atoms with E-state index in [9.17, 15) is 9.50 Å². The van der Waals surface area contributed by atoms with Crippen LogP contribution < -0.4 is 10.6 Å². The Morgan fingerprint density at radius 2 is 2.14 bits per heavy atom. The fourth-order valence-corrected chi connectivity index (χ4v) is 3.56. The zero-order valence-electron chi connectivity index (χ0n) is 17.3. The van der Waals surface area contributed by atoms with Crippen molar-refractivity contribution in [2.24, 2.45) is 4.99 Å². The van der Waals surface area contributed by atoms with Gasteiger partial charge in [0.2, 0.25) is 0 Å². The van der Waals surface area contributed by atoms with Gasteiger partial charge in [-0.1, -0.05) is 0 Å². The number of hydrogen-bond acceptors (Lipinski definition) is 4. The van der Waals surface area contributed by atoms with E-state index in [1.807, 2.05) is 20.0 Å². The van der Waals surface area contributed by atoms with E-state index in [2.05, 4.69) is 25.5 Å². The Kier molecular flexibility index (Phi) is 7.46. The number of H-pyrrole nitrogens is 1. The number of benzene rings is 1. The van der Waals surface area contributed by atoms with Gasteiger partial charge < -0.3 is 25.5 Å². The number of nitrogens with one attached hydrogen (secondary N) is 3. The molecule has 0 amide bonds. The normalized spacial score (nSPS) is 18.0. The number of halogens is 1. The molecular weight excluding hydrogens is 373 g/mol. The van der Waals surface area contributed by atoms with Gasteiger partial charge in [0.1, 0.15) is 5.82 Å². The van der Waals surface area contributed by atoms with Gasteiger partial charge in [0.25, 0.3) is 0 Å². The third kappa shape index (κ3) is 6.42. The predicted molar refractivity (Wildman–Crippen MR) is 114 cm³/mol. The van der Waals surface area contributed by atoms with E-state index in [1.165, 1.54) is 12.1 Å². The zero-order chi connectivity index (χ0) is 20.7. The molecule has 2 heterocycles. The van der Waals surface area contributed by atoms with E-state index in [-0.39, 0.29) is 5.82 Å². The monoisotopic (exact) mass is 405 g/mol.